The molecule has 13 heavy (non-hydrogen) atoms. The molecular weight excluding hydrogens is 162 g/mol. The first-order valence-corrected chi connectivity index (χ1v) is 4.22. The summed E-state index contributed by atoms with van der Waals surface area (Å²) in [6, 6.07) is 0. The van der Waals surface area contributed by atoms with E-state index in [4.69, 9.17) is 5.73 Å². The normalized spacial score (nSPS) is 12.6. The summed E-state index contributed by atoms with van der Waals surface area (Å²) in [5.41, 5.74) is 7.57. The molecule has 0 rings (SSSR count). The van der Waals surface area contributed by atoms with Gasteiger partial charge in [-0.25, -0.2) is 0 Å². The molecule has 0 aliphatic carbocycles. The van der Waals surface area contributed by atoms with E-state index in [1.165, 1.54) is 0 Å². The topological polar surface area (TPSA) is 32.5 Å². The zero-order valence-electron chi connectivity index (χ0n) is 8.91. The highest BCUT2D eigenvalue weighted by Crippen LogP contribution is 2.07. The molecule has 3 heteroatoms. The lowest BCUT2D eigenvalue weighted by molar-refractivity contribution is 0.125. The van der Waals surface area contributed by atoms with Gasteiger partial charge >= 0.3 is 0 Å². The van der Waals surface area contributed by atoms with Crippen LogP contribution in [0.25, 0.3) is 0 Å². The maximum absolute atomic E-state index is 5.81. The van der Waals surface area contributed by atoms with Gasteiger partial charge in [-0.15, -0.1) is 0 Å². The number of hydrogen-bond acceptors (Lipinski definition) is 3. The second-order valence-corrected chi connectivity index (χ2v) is 2.82. The lowest BCUT2D eigenvalue weighted by Crippen LogP contribution is -2.31. The Morgan fingerprint density at radius 2 is 1.92 bits per heavy atom. The second-order valence-electron chi connectivity index (χ2n) is 2.82. The van der Waals surface area contributed by atoms with Crippen molar-refractivity contribution < 1.29 is 0 Å². The minimum absolute atomic E-state index is 0.763. The number of nitrogens with two attached hydrogens (primary N) is 1. The lowest BCUT2D eigenvalue weighted by atomic mass is 10.3. The van der Waals surface area contributed by atoms with E-state index in [1.54, 1.807) is 6.20 Å². The van der Waals surface area contributed by atoms with E-state index in [1.807, 2.05) is 50.1 Å². The molecule has 74 valence electrons. The van der Waals surface area contributed by atoms with Crippen LogP contribution in [0.15, 0.2) is 36.3 Å². The maximum Gasteiger partial charge on any atom is 0.0542 e. The Balaban J connectivity index is 4.65. The molecule has 0 bridgehead atoms. The Morgan fingerprint density at radius 3 is 2.31 bits per heavy atom. The molecule has 0 amide bonds. The quantitative estimate of drug-likeness (QED) is 0.529. The summed E-state index contributed by atoms with van der Waals surface area (Å²) in [5, 5.41) is 3.80. The van der Waals surface area contributed by atoms with E-state index in [-0.39, 0.29) is 0 Å². The van der Waals surface area contributed by atoms with Gasteiger partial charge in [-0.1, -0.05) is 12.7 Å². The molecule has 0 saturated carbocycles. The fraction of sp³-hybridized carbons (Fsp3) is 0.400. The van der Waals surface area contributed by atoms with Crippen LogP contribution < -0.4 is 5.73 Å². The SMILES string of the molecule is C=CN(C)N(C)/C(C)=C(N)\C=C/C. The van der Waals surface area contributed by atoms with Crippen molar-refractivity contribution in [2.45, 2.75) is 13.8 Å². The Morgan fingerprint density at radius 1 is 1.38 bits per heavy atom. The summed E-state index contributed by atoms with van der Waals surface area (Å²) in [7, 11) is 3.85. The molecule has 0 aromatic rings. The van der Waals surface area contributed by atoms with E-state index >= 15 is 0 Å². The van der Waals surface area contributed by atoms with Gasteiger partial charge in [-0.2, -0.15) is 0 Å². The van der Waals surface area contributed by atoms with Crippen molar-refractivity contribution in [2.75, 3.05) is 14.1 Å². The summed E-state index contributed by atoms with van der Waals surface area (Å²) in [6.45, 7) is 7.58. The predicted octanol–water partition coefficient (Wildman–Crippen LogP) is 1.67. The number of rotatable bonds is 4. The van der Waals surface area contributed by atoms with Crippen molar-refractivity contribution >= 4 is 0 Å². The zero-order chi connectivity index (χ0) is 10.4. The van der Waals surface area contributed by atoms with Crippen molar-refractivity contribution in [1.82, 2.24) is 10.0 Å². The molecule has 0 fully saturated rings. The van der Waals surface area contributed by atoms with Crippen LogP contribution in [0.1, 0.15) is 13.8 Å². The van der Waals surface area contributed by atoms with Crippen molar-refractivity contribution in [1.29, 1.82) is 0 Å². The molecule has 2 N–H and O–H groups in total. The van der Waals surface area contributed by atoms with Gasteiger partial charge in [0.15, 0.2) is 0 Å². The molecule has 0 saturated heterocycles. The smallest absolute Gasteiger partial charge is 0.0542 e. The average molecular weight is 181 g/mol. The highest BCUT2D eigenvalue weighted by molar-refractivity contribution is 5.19. The maximum atomic E-state index is 5.81. The average Bonchev–Trinajstić information content (AvgIpc) is 2.14. The van der Waals surface area contributed by atoms with Crippen LogP contribution >= 0.6 is 0 Å². The first-order chi connectivity index (χ1) is 6.04. The van der Waals surface area contributed by atoms with Gasteiger partial charge in [0.2, 0.25) is 0 Å². The molecule has 0 spiro atoms. The van der Waals surface area contributed by atoms with Crippen molar-refractivity contribution in [3.05, 3.63) is 36.3 Å². The molecule has 0 atom stereocenters. The van der Waals surface area contributed by atoms with Crippen molar-refractivity contribution in [3.63, 3.8) is 0 Å². The second kappa shape index (κ2) is 5.30. The van der Waals surface area contributed by atoms with Gasteiger partial charge < -0.3 is 5.73 Å². The molecule has 0 heterocycles. The number of hydrazine groups is 1. The minimum atomic E-state index is 0.763. The van der Waals surface area contributed by atoms with Gasteiger partial charge in [0.05, 0.1) is 11.4 Å². The van der Waals surface area contributed by atoms with E-state index in [0.29, 0.717) is 0 Å². The van der Waals surface area contributed by atoms with E-state index in [2.05, 4.69) is 6.58 Å². The van der Waals surface area contributed by atoms with Crippen LogP contribution in [-0.2, 0) is 0 Å². The van der Waals surface area contributed by atoms with Gasteiger partial charge in [-0.3, -0.25) is 10.0 Å². The number of hydrogen-bond donors (Lipinski definition) is 1. The molecule has 0 unspecified atom stereocenters. The van der Waals surface area contributed by atoms with Crippen LogP contribution in [0, 0.1) is 0 Å². The fourth-order valence-electron chi connectivity index (χ4n) is 0.846. The summed E-state index contributed by atoms with van der Waals surface area (Å²) in [5.74, 6) is 0. The van der Waals surface area contributed by atoms with Crippen molar-refractivity contribution in [3.8, 4) is 0 Å². The molecule has 3 nitrogen and oxygen atoms in total. The first-order valence-electron chi connectivity index (χ1n) is 4.22. The Hall–Kier alpha value is -1.38. The van der Waals surface area contributed by atoms with Crippen LogP contribution in [-0.4, -0.2) is 24.1 Å². The Kier molecular flexibility index (Phi) is 4.74. The van der Waals surface area contributed by atoms with Crippen LogP contribution in [0.4, 0.5) is 0 Å². The summed E-state index contributed by atoms with van der Waals surface area (Å²) in [4.78, 5) is 0. The third kappa shape index (κ3) is 3.23. The zero-order valence-corrected chi connectivity index (χ0v) is 8.91. The molecule has 0 aliphatic heterocycles. The third-order valence-electron chi connectivity index (χ3n) is 1.99. The monoisotopic (exact) mass is 181 g/mol. The van der Waals surface area contributed by atoms with E-state index < -0.39 is 0 Å². The molecule has 0 aromatic carbocycles. The fourth-order valence-corrected chi connectivity index (χ4v) is 0.846. The predicted molar refractivity (Wildman–Crippen MR) is 57.4 cm³/mol. The molecule has 0 aromatic heterocycles. The largest absolute Gasteiger partial charge is 0.397 e. The molecule has 0 radical (unpaired) electrons. The van der Waals surface area contributed by atoms with E-state index in [9.17, 15) is 0 Å². The first kappa shape index (κ1) is 11.6. The Bertz CT molecular complexity index is 228. The minimum Gasteiger partial charge on any atom is -0.397 e. The third-order valence-corrected chi connectivity index (χ3v) is 1.99. The molecular formula is C10H19N3. The van der Waals surface area contributed by atoms with Gasteiger partial charge in [0.1, 0.15) is 0 Å². The number of nitrogens with zero attached hydrogens (tertiary/aromatic N) is 2. The van der Waals surface area contributed by atoms with Crippen molar-refractivity contribution in [2.24, 2.45) is 5.73 Å². The summed E-state index contributed by atoms with van der Waals surface area (Å²) in [6.07, 6.45) is 5.52. The van der Waals surface area contributed by atoms with Crippen LogP contribution in [0.5, 0.6) is 0 Å². The van der Waals surface area contributed by atoms with E-state index in [0.717, 1.165) is 11.4 Å². The Labute approximate surface area is 80.8 Å². The highest BCUT2D eigenvalue weighted by Gasteiger charge is 2.03. The summed E-state index contributed by atoms with van der Waals surface area (Å²) < 4.78 is 0. The number of allylic oxidation sites excluding steroid dienone is 3. The van der Waals surface area contributed by atoms with Crippen LogP contribution in [0.3, 0.4) is 0 Å². The van der Waals surface area contributed by atoms with Crippen LogP contribution in [0.2, 0.25) is 0 Å². The van der Waals surface area contributed by atoms with Gasteiger partial charge in [0.25, 0.3) is 0 Å². The molecule has 0 aliphatic rings. The van der Waals surface area contributed by atoms with Gasteiger partial charge in [-0.05, 0) is 19.9 Å². The summed E-state index contributed by atoms with van der Waals surface area (Å²) >= 11 is 0. The standard InChI is InChI=1S/C10H19N3/c1-6-8-10(11)9(3)13(5)12(4)7-2/h6-8H,2,11H2,1,3-5H3/b8-6-,10-9+. The van der Waals surface area contributed by atoms with Gasteiger partial charge in [0, 0.05) is 20.3 Å². The lowest BCUT2D eigenvalue weighted by Gasteiger charge is -2.29. The highest BCUT2D eigenvalue weighted by atomic mass is 15.6.